The van der Waals surface area contributed by atoms with Crippen molar-refractivity contribution in [2.45, 2.75) is 18.9 Å². The molecule has 3 heteroatoms. The van der Waals surface area contributed by atoms with Gasteiger partial charge in [0.1, 0.15) is 0 Å². The molecule has 0 saturated carbocycles. The van der Waals surface area contributed by atoms with Crippen molar-refractivity contribution in [2.75, 3.05) is 26.4 Å². The van der Waals surface area contributed by atoms with Crippen LogP contribution in [0.3, 0.4) is 0 Å². The molecule has 3 nitrogen and oxygen atoms in total. The van der Waals surface area contributed by atoms with Gasteiger partial charge in [0.05, 0.1) is 19.3 Å². The molecule has 0 aromatic carbocycles. The van der Waals surface area contributed by atoms with E-state index in [2.05, 4.69) is 0 Å². The largest absolute Gasteiger partial charge is 0.390 e. The van der Waals surface area contributed by atoms with Crippen LogP contribution in [0.5, 0.6) is 0 Å². The van der Waals surface area contributed by atoms with Crippen molar-refractivity contribution in [3.63, 3.8) is 0 Å². The van der Waals surface area contributed by atoms with Gasteiger partial charge in [-0.1, -0.05) is 0 Å². The van der Waals surface area contributed by atoms with E-state index in [9.17, 15) is 5.11 Å². The molecule has 12 heavy (non-hydrogen) atoms. The van der Waals surface area contributed by atoms with Gasteiger partial charge in [-0.05, 0) is 18.8 Å². The van der Waals surface area contributed by atoms with E-state index in [1.807, 2.05) is 0 Å². The van der Waals surface area contributed by atoms with Gasteiger partial charge in [0.15, 0.2) is 0 Å². The fraction of sp³-hybridized carbons (Fsp3) is 1.00. The number of ether oxygens (including phenoxy) is 2. The molecule has 2 heterocycles. The number of hydrogen-bond acceptors (Lipinski definition) is 3. The van der Waals surface area contributed by atoms with Crippen LogP contribution in [0, 0.1) is 11.8 Å². The Bertz CT molecular complexity index is 143. The highest BCUT2D eigenvalue weighted by Crippen LogP contribution is 2.29. The van der Waals surface area contributed by atoms with Gasteiger partial charge >= 0.3 is 0 Å². The summed E-state index contributed by atoms with van der Waals surface area (Å²) in [6.45, 7) is 2.98. The fourth-order valence-corrected chi connectivity index (χ4v) is 2.15. The van der Waals surface area contributed by atoms with E-state index >= 15 is 0 Å². The second-order valence-corrected chi connectivity index (χ2v) is 3.72. The minimum Gasteiger partial charge on any atom is -0.390 e. The number of aliphatic hydroxyl groups excluding tert-OH is 1. The van der Waals surface area contributed by atoms with E-state index in [1.165, 1.54) is 0 Å². The third-order valence-corrected chi connectivity index (χ3v) is 2.96. The van der Waals surface area contributed by atoms with Crippen LogP contribution in [0.15, 0.2) is 0 Å². The summed E-state index contributed by atoms with van der Waals surface area (Å²) >= 11 is 0. The summed E-state index contributed by atoms with van der Waals surface area (Å²) in [6.07, 6.45) is 1.95. The fourth-order valence-electron chi connectivity index (χ4n) is 2.15. The molecule has 0 amide bonds. The minimum atomic E-state index is -0.229. The Morgan fingerprint density at radius 1 is 1.00 bits per heavy atom. The third-order valence-electron chi connectivity index (χ3n) is 2.96. The first kappa shape index (κ1) is 8.48. The first-order valence-corrected chi connectivity index (χ1v) is 4.71. The van der Waals surface area contributed by atoms with E-state index in [0.717, 1.165) is 32.7 Å². The SMILES string of the molecule is OC1COCC1C1CCOCC1. The summed E-state index contributed by atoms with van der Waals surface area (Å²) < 4.78 is 10.5. The summed E-state index contributed by atoms with van der Waals surface area (Å²) in [6, 6.07) is 0. The Hall–Kier alpha value is -0.120. The molecule has 1 N–H and O–H groups in total. The second kappa shape index (κ2) is 3.73. The summed E-state index contributed by atoms with van der Waals surface area (Å²) in [5.74, 6) is 0.991. The number of hydrogen-bond donors (Lipinski definition) is 1. The third kappa shape index (κ3) is 1.63. The van der Waals surface area contributed by atoms with Crippen LogP contribution < -0.4 is 0 Å². The predicted octanol–water partition coefficient (Wildman–Crippen LogP) is 0.420. The van der Waals surface area contributed by atoms with Crippen LogP contribution in [0.25, 0.3) is 0 Å². The van der Waals surface area contributed by atoms with E-state index in [-0.39, 0.29) is 6.10 Å². The summed E-state index contributed by atoms with van der Waals surface area (Å²) in [5.41, 5.74) is 0. The molecular formula is C9H16O3. The van der Waals surface area contributed by atoms with E-state index in [1.54, 1.807) is 0 Å². The Labute approximate surface area is 72.7 Å². The molecule has 2 atom stereocenters. The van der Waals surface area contributed by atoms with Crippen LogP contribution in [0.1, 0.15) is 12.8 Å². The van der Waals surface area contributed by atoms with Crippen LogP contribution in [-0.4, -0.2) is 37.6 Å². The highest BCUT2D eigenvalue weighted by atomic mass is 16.5. The molecule has 0 radical (unpaired) electrons. The molecule has 2 unspecified atom stereocenters. The van der Waals surface area contributed by atoms with Gasteiger partial charge in [-0.3, -0.25) is 0 Å². The normalized spacial score (nSPS) is 38.8. The van der Waals surface area contributed by atoms with E-state index in [4.69, 9.17) is 9.47 Å². The molecule has 0 spiro atoms. The Morgan fingerprint density at radius 3 is 2.33 bits per heavy atom. The summed E-state index contributed by atoms with van der Waals surface area (Å²) in [7, 11) is 0. The van der Waals surface area contributed by atoms with Crippen molar-refractivity contribution in [1.82, 2.24) is 0 Å². The van der Waals surface area contributed by atoms with Gasteiger partial charge in [-0.2, -0.15) is 0 Å². The van der Waals surface area contributed by atoms with Gasteiger partial charge in [0.2, 0.25) is 0 Å². The molecule has 2 saturated heterocycles. The average molecular weight is 172 g/mol. The molecule has 0 aromatic rings. The molecular weight excluding hydrogens is 156 g/mol. The molecule has 0 aliphatic carbocycles. The lowest BCUT2D eigenvalue weighted by atomic mass is 9.84. The summed E-state index contributed by atoms with van der Waals surface area (Å²) in [4.78, 5) is 0. The van der Waals surface area contributed by atoms with E-state index < -0.39 is 0 Å². The Morgan fingerprint density at radius 2 is 1.75 bits per heavy atom. The minimum absolute atomic E-state index is 0.229. The Balaban J connectivity index is 1.89. The molecule has 0 bridgehead atoms. The zero-order chi connectivity index (χ0) is 8.39. The zero-order valence-corrected chi connectivity index (χ0v) is 7.24. The van der Waals surface area contributed by atoms with Gasteiger partial charge in [-0.25, -0.2) is 0 Å². The maximum atomic E-state index is 9.58. The van der Waals surface area contributed by atoms with Crippen molar-refractivity contribution in [3.8, 4) is 0 Å². The first-order valence-electron chi connectivity index (χ1n) is 4.71. The second-order valence-electron chi connectivity index (χ2n) is 3.72. The van der Waals surface area contributed by atoms with Crippen molar-refractivity contribution in [3.05, 3.63) is 0 Å². The predicted molar refractivity (Wildman–Crippen MR) is 43.9 cm³/mol. The quantitative estimate of drug-likeness (QED) is 0.623. The highest BCUT2D eigenvalue weighted by Gasteiger charge is 2.33. The van der Waals surface area contributed by atoms with Crippen molar-refractivity contribution in [1.29, 1.82) is 0 Å². The topological polar surface area (TPSA) is 38.7 Å². The van der Waals surface area contributed by atoms with Gasteiger partial charge in [-0.15, -0.1) is 0 Å². The molecule has 70 valence electrons. The molecule has 0 aromatic heterocycles. The highest BCUT2D eigenvalue weighted by molar-refractivity contribution is 4.81. The smallest absolute Gasteiger partial charge is 0.0826 e. The van der Waals surface area contributed by atoms with Gasteiger partial charge < -0.3 is 14.6 Å². The van der Waals surface area contributed by atoms with Crippen LogP contribution in [0.4, 0.5) is 0 Å². The zero-order valence-electron chi connectivity index (χ0n) is 7.24. The number of rotatable bonds is 1. The van der Waals surface area contributed by atoms with Crippen molar-refractivity contribution < 1.29 is 14.6 Å². The van der Waals surface area contributed by atoms with Crippen molar-refractivity contribution >= 4 is 0 Å². The number of aliphatic hydroxyl groups is 1. The van der Waals surface area contributed by atoms with Crippen molar-refractivity contribution in [2.24, 2.45) is 11.8 Å². The van der Waals surface area contributed by atoms with Gasteiger partial charge in [0.25, 0.3) is 0 Å². The summed E-state index contributed by atoms with van der Waals surface area (Å²) in [5, 5.41) is 9.58. The molecule has 2 rings (SSSR count). The average Bonchev–Trinajstić information content (AvgIpc) is 2.53. The van der Waals surface area contributed by atoms with Crippen LogP contribution in [0.2, 0.25) is 0 Å². The molecule has 2 aliphatic rings. The lowest BCUT2D eigenvalue weighted by molar-refractivity contribution is 0.0221. The molecule has 2 fully saturated rings. The Kier molecular flexibility index (Phi) is 2.63. The standard InChI is InChI=1S/C9H16O3/c10-9-6-12-5-8(9)7-1-3-11-4-2-7/h7-10H,1-6H2. The van der Waals surface area contributed by atoms with Crippen LogP contribution in [-0.2, 0) is 9.47 Å². The molecule has 2 aliphatic heterocycles. The van der Waals surface area contributed by atoms with Crippen LogP contribution >= 0.6 is 0 Å². The lowest BCUT2D eigenvalue weighted by Gasteiger charge is -2.28. The lowest BCUT2D eigenvalue weighted by Crippen LogP contribution is -2.30. The first-order chi connectivity index (χ1) is 5.88. The monoisotopic (exact) mass is 172 g/mol. The van der Waals surface area contributed by atoms with E-state index in [0.29, 0.717) is 18.4 Å². The maximum Gasteiger partial charge on any atom is 0.0826 e. The maximum absolute atomic E-state index is 9.58. The van der Waals surface area contributed by atoms with Gasteiger partial charge in [0, 0.05) is 19.1 Å².